The van der Waals surface area contributed by atoms with Crippen molar-refractivity contribution in [2.75, 3.05) is 12.4 Å². The SMILES string of the molecule is CNC(C)C(=O)Nc1cc(Br)ccc1Cl. The Balaban J connectivity index is 2.80. The summed E-state index contributed by atoms with van der Waals surface area (Å²) in [6.07, 6.45) is 0. The van der Waals surface area contributed by atoms with Gasteiger partial charge in [0.15, 0.2) is 0 Å². The lowest BCUT2D eigenvalue weighted by Gasteiger charge is -2.12. The summed E-state index contributed by atoms with van der Waals surface area (Å²) in [7, 11) is 1.73. The number of amides is 1. The van der Waals surface area contributed by atoms with Crippen molar-refractivity contribution in [3.8, 4) is 0 Å². The van der Waals surface area contributed by atoms with E-state index in [-0.39, 0.29) is 11.9 Å². The lowest BCUT2D eigenvalue weighted by atomic mass is 10.2. The van der Waals surface area contributed by atoms with Crippen LogP contribution in [0.15, 0.2) is 22.7 Å². The molecule has 1 atom stereocenters. The maximum Gasteiger partial charge on any atom is 0.241 e. The summed E-state index contributed by atoms with van der Waals surface area (Å²) in [6.45, 7) is 1.78. The second-order valence-electron chi connectivity index (χ2n) is 3.12. The zero-order valence-corrected chi connectivity index (χ0v) is 10.8. The molecule has 0 radical (unpaired) electrons. The molecule has 3 nitrogen and oxygen atoms in total. The van der Waals surface area contributed by atoms with Gasteiger partial charge in [-0.3, -0.25) is 4.79 Å². The normalized spacial score (nSPS) is 12.3. The van der Waals surface area contributed by atoms with Gasteiger partial charge in [0.1, 0.15) is 0 Å². The monoisotopic (exact) mass is 290 g/mol. The highest BCUT2D eigenvalue weighted by atomic mass is 79.9. The molecule has 1 amide bonds. The largest absolute Gasteiger partial charge is 0.323 e. The molecule has 0 saturated heterocycles. The van der Waals surface area contributed by atoms with Gasteiger partial charge in [0.05, 0.1) is 16.8 Å². The van der Waals surface area contributed by atoms with E-state index in [9.17, 15) is 4.79 Å². The fraction of sp³-hybridized carbons (Fsp3) is 0.300. The van der Waals surface area contributed by atoms with Gasteiger partial charge in [0.25, 0.3) is 0 Å². The molecule has 0 aliphatic heterocycles. The highest BCUT2D eigenvalue weighted by Crippen LogP contribution is 2.25. The first kappa shape index (κ1) is 12.5. The molecular formula is C10H12BrClN2O. The van der Waals surface area contributed by atoms with Crippen molar-refractivity contribution in [1.82, 2.24) is 5.32 Å². The molecule has 1 aromatic carbocycles. The van der Waals surface area contributed by atoms with E-state index in [0.29, 0.717) is 10.7 Å². The first-order valence-corrected chi connectivity index (χ1v) is 5.65. The molecule has 1 unspecified atom stereocenters. The third-order valence-corrected chi connectivity index (χ3v) is 2.84. The summed E-state index contributed by atoms with van der Waals surface area (Å²) in [6, 6.07) is 5.06. The van der Waals surface area contributed by atoms with Gasteiger partial charge >= 0.3 is 0 Å². The molecule has 0 aliphatic carbocycles. The summed E-state index contributed by atoms with van der Waals surface area (Å²) < 4.78 is 0.874. The van der Waals surface area contributed by atoms with Gasteiger partial charge in [0, 0.05) is 4.47 Å². The van der Waals surface area contributed by atoms with Crippen LogP contribution >= 0.6 is 27.5 Å². The smallest absolute Gasteiger partial charge is 0.241 e. The van der Waals surface area contributed by atoms with Crippen molar-refractivity contribution in [3.05, 3.63) is 27.7 Å². The number of anilines is 1. The van der Waals surface area contributed by atoms with Crippen LogP contribution in [0.5, 0.6) is 0 Å². The van der Waals surface area contributed by atoms with Gasteiger partial charge in [-0.1, -0.05) is 27.5 Å². The molecule has 0 fully saturated rings. The average molecular weight is 292 g/mol. The summed E-state index contributed by atoms with van der Waals surface area (Å²) in [4.78, 5) is 11.6. The number of likely N-dealkylation sites (N-methyl/N-ethyl adjacent to an activating group) is 1. The first-order chi connectivity index (χ1) is 7.04. The van der Waals surface area contributed by atoms with Crippen LogP contribution in [0.2, 0.25) is 5.02 Å². The molecule has 0 saturated carbocycles. The maximum atomic E-state index is 11.6. The molecule has 82 valence electrons. The number of carbonyl (C=O) groups is 1. The van der Waals surface area contributed by atoms with E-state index in [4.69, 9.17) is 11.6 Å². The van der Waals surface area contributed by atoms with Crippen molar-refractivity contribution in [2.45, 2.75) is 13.0 Å². The van der Waals surface area contributed by atoms with Crippen LogP contribution in [0.25, 0.3) is 0 Å². The maximum absolute atomic E-state index is 11.6. The molecule has 0 aliphatic rings. The van der Waals surface area contributed by atoms with Crippen LogP contribution in [0.3, 0.4) is 0 Å². The zero-order chi connectivity index (χ0) is 11.4. The average Bonchev–Trinajstić information content (AvgIpc) is 2.22. The van der Waals surface area contributed by atoms with Gasteiger partial charge in [0.2, 0.25) is 5.91 Å². The van der Waals surface area contributed by atoms with Crippen molar-refractivity contribution in [3.63, 3.8) is 0 Å². The molecule has 5 heteroatoms. The minimum Gasteiger partial charge on any atom is -0.323 e. The van der Waals surface area contributed by atoms with Crippen molar-refractivity contribution >= 4 is 39.1 Å². The topological polar surface area (TPSA) is 41.1 Å². The van der Waals surface area contributed by atoms with Crippen LogP contribution in [-0.4, -0.2) is 19.0 Å². The van der Waals surface area contributed by atoms with Gasteiger partial charge in [-0.2, -0.15) is 0 Å². The second-order valence-corrected chi connectivity index (χ2v) is 4.45. The fourth-order valence-corrected chi connectivity index (χ4v) is 1.49. The van der Waals surface area contributed by atoms with Crippen LogP contribution in [0, 0.1) is 0 Å². The highest BCUT2D eigenvalue weighted by molar-refractivity contribution is 9.10. The number of rotatable bonds is 3. The van der Waals surface area contributed by atoms with Crippen LogP contribution in [0.1, 0.15) is 6.92 Å². The summed E-state index contributed by atoms with van der Waals surface area (Å²) in [5.74, 6) is -0.113. The van der Waals surface area contributed by atoms with Crippen molar-refractivity contribution in [1.29, 1.82) is 0 Å². The molecule has 0 bridgehead atoms. The standard InChI is InChI=1S/C10H12BrClN2O/c1-6(13-2)10(15)14-9-5-7(11)3-4-8(9)12/h3-6,13H,1-2H3,(H,14,15). The summed E-state index contributed by atoms with van der Waals surface area (Å²) in [5, 5.41) is 6.11. The molecule has 0 heterocycles. The number of benzene rings is 1. The Bertz CT molecular complexity index is 370. The Morgan fingerprint density at radius 1 is 1.53 bits per heavy atom. The Hall–Kier alpha value is -0.580. The number of hydrogen-bond donors (Lipinski definition) is 2. The number of hydrogen-bond acceptors (Lipinski definition) is 2. The van der Waals surface area contributed by atoms with E-state index in [1.165, 1.54) is 0 Å². The highest BCUT2D eigenvalue weighted by Gasteiger charge is 2.11. The Morgan fingerprint density at radius 3 is 2.80 bits per heavy atom. The van der Waals surface area contributed by atoms with Gasteiger partial charge in [-0.25, -0.2) is 0 Å². The Kier molecular flexibility index (Phi) is 4.57. The predicted octanol–water partition coefficient (Wildman–Crippen LogP) is 2.65. The van der Waals surface area contributed by atoms with Crippen LogP contribution in [0.4, 0.5) is 5.69 Å². The summed E-state index contributed by atoms with van der Waals surface area (Å²) >= 11 is 9.25. The fourth-order valence-electron chi connectivity index (χ4n) is 0.965. The number of halogens is 2. The van der Waals surface area contributed by atoms with E-state index >= 15 is 0 Å². The first-order valence-electron chi connectivity index (χ1n) is 4.47. The van der Waals surface area contributed by atoms with Crippen molar-refractivity contribution in [2.24, 2.45) is 0 Å². The van der Waals surface area contributed by atoms with Gasteiger partial charge in [-0.15, -0.1) is 0 Å². The molecule has 2 N–H and O–H groups in total. The predicted molar refractivity (Wildman–Crippen MR) is 66.3 cm³/mol. The third kappa shape index (κ3) is 3.48. The van der Waals surface area contributed by atoms with Gasteiger partial charge < -0.3 is 10.6 Å². The Labute approximate surface area is 102 Å². The Morgan fingerprint density at radius 2 is 2.20 bits per heavy atom. The summed E-state index contributed by atoms with van der Waals surface area (Å²) in [5.41, 5.74) is 0.609. The van der Waals surface area contributed by atoms with Crippen LogP contribution < -0.4 is 10.6 Å². The van der Waals surface area contributed by atoms with E-state index in [1.54, 1.807) is 26.1 Å². The second kappa shape index (κ2) is 5.49. The molecule has 0 aromatic heterocycles. The lowest BCUT2D eigenvalue weighted by Crippen LogP contribution is -2.35. The molecular weight excluding hydrogens is 279 g/mol. The minimum atomic E-state index is -0.250. The van der Waals surface area contributed by atoms with E-state index < -0.39 is 0 Å². The zero-order valence-electron chi connectivity index (χ0n) is 8.47. The molecule has 0 spiro atoms. The van der Waals surface area contributed by atoms with Gasteiger partial charge in [-0.05, 0) is 32.2 Å². The molecule has 1 rings (SSSR count). The van der Waals surface area contributed by atoms with E-state index in [1.807, 2.05) is 6.07 Å². The molecule has 15 heavy (non-hydrogen) atoms. The third-order valence-electron chi connectivity index (χ3n) is 2.01. The lowest BCUT2D eigenvalue weighted by molar-refractivity contribution is -0.117. The number of nitrogens with one attached hydrogen (secondary N) is 2. The quantitative estimate of drug-likeness (QED) is 0.899. The van der Waals surface area contributed by atoms with E-state index in [2.05, 4.69) is 26.6 Å². The van der Waals surface area contributed by atoms with E-state index in [0.717, 1.165) is 4.47 Å². The van der Waals surface area contributed by atoms with Crippen molar-refractivity contribution < 1.29 is 4.79 Å². The molecule has 1 aromatic rings. The van der Waals surface area contributed by atoms with Crippen LogP contribution in [-0.2, 0) is 4.79 Å². The minimum absolute atomic E-state index is 0.113. The number of carbonyl (C=O) groups excluding carboxylic acids is 1.